The Morgan fingerprint density at radius 2 is 1.15 bits per heavy atom. The third kappa shape index (κ3) is 10.2. The summed E-state index contributed by atoms with van der Waals surface area (Å²) in [5, 5.41) is 44.4. The van der Waals surface area contributed by atoms with Crippen molar-refractivity contribution < 1.29 is 44.4 Å². The topological polar surface area (TPSA) is 254 Å². The van der Waals surface area contributed by atoms with Gasteiger partial charge in [0.2, 0.25) is 23.6 Å². The average Bonchev–Trinajstić information content (AvgIpc) is 2.90. The molecule has 216 valence electrons. The molecular formula is C26H33N5O9. The van der Waals surface area contributed by atoms with Crippen molar-refractivity contribution in [1.29, 1.82) is 0 Å². The number of nitrogens with one attached hydrogen (secondary N) is 3. The number of aliphatic carboxylic acids is 1. The number of phenolic OH excluding ortho intramolecular Hbond substituents is 2. The van der Waals surface area contributed by atoms with Crippen LogP contribution >= 0.6 is 0 Å². The minimum absolute atomic E-state index is 0.0234. The van der Waals surface area contributed by atoms with Gasteiger partial charge in [0.05, 0.1) is 12.6 Å². The number of hydrogen-bond acceptors (Lipinski definition) is 9. The maximum atomic E-state index is 13.3. The zero-order valence-corrected chi connectivity index (χ0v) is 21.4. The van der Waals surface area contributed by atoms with Crippen LogP contribution in [0.3, 0.4) is 0 Å². The van der Waals surface area contributed by atoms with Crippen LogP contribution in [-0.4, -0.2) is 80.8 Å². The molecule has 0 bridgehead atoms. The van der Waals surface area contributed by atoms with E-state index in [1.165, 1.54) is 36.4 Å². The van der Waals surface area contributed by atoms with Crippen LogP contribution in [0.5, 0.6) is 11.5 Å². The predicted molar refractivity (Wildman–Crippen MR) is 141 cm³/mol. The predicted octanol–water partition coefficient (Wildman–Crippen LogP) is -1.99. The maximum Gasteiger partial charge on any atom is 0.328 e. The lowest BCUT2D eigenvalue weighted by molar-refractivity contribution is -0.143. The summed E-state index contributed by atoms with van der Waals surface area (Å²) in [6.07, 6.45) is -0.615. The molecule has 14 heteroatoms. The van der Waals surface area contributed by atoms with Crippen LogP contribution in [0.15, 0.2) is 48.5 Å². The standard InChI is InChI=1S/C26H33N5O9/c27-18(11-14-1-5-16(33)6-2-14)23(36)30-20(12-15-3-7-17(34)8-4-15)25(38)29-19(9-10-22(28)35)24(37)31-21(13-32)26(39)40/h1-8,18-21,32-34H,9-13,27H2,(H2,28,35)(H,29,38)(H,30,36)(H,31,37)(H,39,40). The van der Waals surface area contributed by atoms with Crippen molar-refractivity contribution in [3.05, 3.63) is 59.7 Å². The third-order valence-corrected chi connectivity index (χ3v) is 5.85. The van der Waals surface area contributed by atoms with Gasteiger partial charge in [0.15, 0.2) is 0 Å². The van der Waals surface area contributed by atoms with Crippen LogP contribution in [-0.2, 0) is 36.8 Å². The largest absolute Gasteiger partial charge is 0.508 e. The van der Waals surface area contributed by atoms with E-state index in [-0.39, 0.29) is 37.2 Å². The molecule has 0 radical (unpaired) electrons. The van der Waals surface area contributed by atoms with Crippen LogP contribution in [0.2, 0.25) is 0 Å². The lowest BCUT2D eigenvalue weighted by Gasteiger charge is -2.25. The molecule has 0 aromatic heterocycles. The van der Waals surface area contributed by atoms with Crippen molar-refractivity contribution in [2.45, 2.75) is 49.9 Å². The van der Waals surface area contributed by atoms with Crippen LogP contribution < -0.4 is 27.4 Å². The minimum atomic E-state index is -1.66. The fourth-order valence-corrected chi connectivity index (χ4v) is 3.62. The molecule has 2 rings (SSSR count). The number of amides is 4. The number of primary amides is 1. The van der Waals surface area contributed by atoms with Gasteiger partial charge >= 0.3 is 5.97 Å². The highest BCUT2D eigenvalue weighted by Crippen LogP contribution is 2.13. The Kier molecular flexibility index (Phi) is 11.9. The molecule has 0 aliphatic carbocycles. The highest BCUT2D eigenvalue weighted by molar-refractivity contribution is 5.94. The molecule has 2 aromatic rings. The number of aliphatic hydroxyl groups is 1. The van der Waals surface area contributed by atoms with E-state index in [9.17, 15) is 39.3 Å². The Labute approximate surface area is 229 Å². The van der Waals surface area contributed by atoms with E-state index in [0.29, 0.717) is 11.1 Å². The number of rotatable bonds is 15. The first-order valence-electron chi connectivity index (χ1n) is 12.2. The molecule has 0 saturated heterocycles. The van der Waals surface area contributed by atoms with Crippen LogP contribution in [0.1, 0.15) is 24.0 Å². The fourth-order valence-electron chi connectivity index (χ4n) is 3.62. The second kappa shape index (κ2) is 15.0. The molecule has 11 N–H and O–H groups in total. The van der Waals surface area contributed by atoms with Crippen molar-refractivity contribution in [3.63, 3.8) is 0 Å². The quantitative estimate of drug-likeness (QED) is 0.116. The van der Waals surface area contributed by atoms with Gasteiger partial charge in [-0.2, -0.15) is 0 Å². The molecule has 40 heavy (non-hydrogen) atoms. The van der Waals surface area contributed by atoms with E-state index in [1.807, 2.05) is 0 Å². The zero-order valence-electron chi connectivity index (χ0n) is 21.4. The number of carbonyl (C=O) groups is 5. The van der Waals surface area contributed by atoms with Gasteiger partial charge in [0, 0.05) is 12.8 Å². The minimum Gasteiger partial charge on any atom is -0.508 e. The first kappa shape index (κ1) is 31.5. The van der Waals surface area contributed by atoms with E-state index in [2.05, 4.69) is 16.0 Å². The highest BCUT2D eigenvalue weighted by atomic mass is 16.4. The second-order valence-electron chi connectivity index (χ2n) is 9.06. The maximum absolute atomic E-state index is 13.3. The van der Waals surface area contributed by atoms with Gasteiger partial charge in [0.25, 0.3) is 0 Å². The van der Waals surface area contributed by atoms with Crippen molar-refractivity contribution in [2.24, 2.45) is 11.5 Å². The molecule has 4 amide bonds. The number of hydrogen-bond donors (Lipinski definition) is 9. The van der Waals surface area contributed by atoms with E-state index in [0.717, 1.165) is 0 Å². The van der Waals surface area contributed by atoms with Crippen molar-refractivity contribution >= 4 is 29.6 Å². The van der Waals surface area contributed by atoms with Crippen molar-refractivity contribution in [3.8, 4) is 11.5 Å². The molecule has 4 atom stereocenters. The Hall–Kier alpha value is -4.69. The van der Waals surface area contributed by atoms with E-state index in [4.69, 9.17) is 16.6 Å². The molecule has 14 nitrogen and oxygen atoms in total. The number of nitrogens with two attached hydrogens (primary N) is 2. The molecule has 0 spiro atoms. The molecule has 0 heterocycles. The Morgan fingerprint density at radius 1 is 0.700 bits per heavy atom. The Morgan fingerprint density at radius 3 is 1.62 bits per heavy atom. The van der Waals surface area contributed by atoms with Crippen LogP contribution in [0, 0.1) is 0 Å². The molecule has 4 unspecified atom stereocenters. The number of aromatic hydroxyl groups is 2. The van der Waals surface area contributed by atoms with Gasteiger partial charge < -0.3 is 47.8 Å². The number of aliphatic hydroxyl groups excluding tert-OH is 1. The van der Waals surface area contributed by atoms with Crippen LogP contribution in [0.4, 0.5) is 0 Å². The molecular weight excluding hydrogens is 526 g/mol. The average molecular weight is 560 g/mol. The lowest BCUT2D eigenvalue weighted by atomic mass is 10.0. The molecule has 0 saturated carbocycles. The van der Waals surface area contributed by atoms with Crippen LogP contribution in [0.25, 0.3) is 0 Å². The highest BCUT2D eigenvalue weighted by Gasteiger charge is 2.30. The summed E-state index contributed by atoms with van der Waals surface area (Å²) < 4.78 is 0. The van der Waals surface area contributed by atoms with Gasteiger partial charge in [-0.1, -0.05) is 24.3 Å². The van der Waals surface area contributed by atoms with Crippen molar-refractivity contribution in [2.75, 3.05) is 6.61 Å². The number of phenols is 2. The number of carbonyl (C=O) groups excluding carboxylic acids is 4. The zero-order chi connectivity index (χ0) is 29.8. The second-order valence-corrected chi connectivity index (χ2v) is 9.06. The normalized spacial score (nSPS) is 13.8. The summed E-state index contributed by atoms with van der Waals surface area (Å²) in [5.74, 6) is -4.82. The van der Waals surface area contributed by atoms with Gasteiger partial charge in [-0.3, -0.25) is 19.2 Å². The number of carboxylic acids is 1. The molecule has 0 fully saturated rings. The van der Waals surface area contributed by atoms with E-state index >= 15 is 0 Å². The van der Waals surface area contributed by atoms with Crippen molar-refractivity contribution in [1.82, 2.24) is 16.0 Å². The lowest BCUT2D eigenvalue weighted by Crippen LogP contribution is -2.58. The summed E-state index contributed by atoms with van der Waals surface area (Å²) in [6, 6.07) is 6.39. The molecule has 0 aliphatic heterocycles. The first-order chi connectivity index (χ1) is 18.9. The third-order valence-electron chi connectivity index (χ3n) is 5.85. The Balaban J connectivity index is 2.24. The van der Waals surface area contributed by atoms with Gasteiger partial charge in [0.1, 0.15) is 29.6 Å². The summed E-state index contributed by atoms with van der Waals surface area (Å²) >= 11 is 0. The number of carboxylic acid groups (broad SMARTS) is 1. The van der Waals surface area contributed by atoms with Gasteiger partial charge in [-0.05, 0) is 48.2 Å². The van der Waals surface area contributed by atoms with Gasteiger partial charge in [-0.25, -0.2) is 4.79 Å². The summed E-state index contributed by atoms with van der Waals surface area (Å²) in [6.45, 7) is -0.921. The monoisotopic (exact) mass is 559 g/mol. The van der Waals surface area contributed by atoms with E-state index in [1.54, 1.807) is 12.1 Å². The fraction of sp³-hybridized carbons (Fsp3) is 0.346. The summed E-state index contributed by atoms with van der Waals surface area (Å²) in [4.78, 5) is 61.5. The smallest absolute Gasteiger partial charge is 0.328 e. The summed E-state index contributed by atoms with van der Waals surface area (Å²) in [5.41, 5.74) is 12.4. The van der Waals surface area contributed by atoms with E-state index < -0.39 is 60.4 Å². The summed E-state index contributed by atoms with van der Waals surface area (Å²) in [7, 11) is 0. The number of benzene rings is 2. The Bertz CT molecular complexity index is 1190. The van der Waals surface area contributed by atoms with Gasteiger partial charge in [-0.15, -0.1) is 0 Å². The SMILES string of the molecule is NC(=O)CCC(NC(=O)C(Cc1ccc(O)cc1)NC(=O)C(N)Cc1ccc(O)cc1)C(=O)NC(CO)C(=O)O. The molecule has 2 aromatic carbocycles. The first-order valence-corrected chi connectivity index (χ1v) is 12.2. The molecule has 0 aliphatic rings.